The van der Waals surface area contributed by atoms with Crippen LogP contribution in [0.4, 0.5) is 0 Å². The number of piperidine rings is 1. The Balaban J connectivity index is 1.60. The lowest BCUT2D eigenvalue weighted by atomic mass is 9.97. The zero-order valence-electron chi connectivity index (χ0n) is 14.8. The van der Waals surface area contributed by atoms with Crippen molar-refractivity contribution in [3.63, 3.8) is 0 Å². The molecule has 1 fully saturated rings. The molecule has 2 heterocycles. The second kappa shape index (κ2) is 7.55. The average Bonchev–Trinajstić information content (AvgIpc) is 3.08. The first-order valence-electron chi connectivity index (χ1n) is 8.46. The molecule has 1 amide bonds. The first-order chi connectivity index (χ1) is 12.1. The van der Waals surface area contributed by atoms with E-state index in [9.17, 15) is 4.79 Å². The number of benzene rings is 1. The van der Waals surface area contributed by atoms with Crippen molar-refractivity contribution >= 4 is 5.91 Å². The van der Waals surface area contributed by atoms with Crippen LogP contribution in [0.1, 0.15) is 37.4 Å². The monoisotopic (exact) mass is 345 g/mol. The minimum atomic E-state index is -0.559. The SMILES string of the molecule is COc1ccc(O[C@H](C)C(=O)N2CCC[C@@H](c3nc(C)no3)C2)cc1. The molecule has 0 bridgehead atoms. The van der Waals surface area contributed by atoms with Crippen molar-refractivity contribution in [2.24, 2.45) is 0 Å². The Bertz CT molecular complexity index is 713. The molecule has 0 unspecified atom stereocenters. The maximum atomic E-state index is 12.7. The van der Waals surface area contributed by atoms with E-state index in [1.807, 2.05) is 4.90 Å². The molecule has 1 saturated heterocycles. The molecule has 2 atom stereocenters. The number of likely N-dealkylation sites (tertiary alicyclic amines) is 1. The van der Waals surface area contributed by atoms with Gasteiger partial charge in [-0.1, -0.05) is 5.16 Å². The van der Waals surface area contributed by atoms with Crippen molar-refractivity contribution in [2.75, 3.05) is 20.2 Å². The Kier molecular flexibility index (Phi) is 5.21. The molecule has 0 radical (unpaired) electrons. The molecule has 0 saturated carbocycles. The maximum absolute atomic E-state index is 12.7. The summed E-state index contributed by atoms with van der Waals surface area (Å²) in [6.45, 7) is 4.87. The van der Waals surface area contributed by atoms with E-state index in [1.165, 1.54) is 0 Å². The zero-order valence-corrected chi connectivity index (χ0v) is 14.8. The fraction of sp³-hybridized carbons (Fsp3) is 0.500. The van der Waals surface area contributed by atoms with Crippen LogP contribution >= 0.6 is 0 Å². The molecule has 134 valence electrons. The summed E-state index contributed by atoms with van der Waals surface area (Å²) in [6, 6.07) is 7.20. The second-order valence-electron chi connectivity index (χ2n) is 6.24. The number of amides is 1. The standard InChI is InChI=1S/C18H23N3O4/c1-12(24-16-8-6-15(23-3)7-9-16)18(22)21-10-4-5-14(11-21)17-19-13(2)20-25-17/h6-9,12,14H,4-5,10-11H2,1-3H3/t12-,14-/m1/s1. The summed E-state index contributed by atoms with van der Waals surface area (Å²) < 4.78 is 16.2. The molecule has 0 spiro atoms. The highest BCUT2D eigenvalue weighted by molar-refractivity contribution is 5.81. The van der Waals surface area contributed by atoms with Gasteiger partial charge in [-0.15, -0.1) is 0 Å². The molecule has 7 heteroatoms. The van der Waals surface area contributed by atoms with Crippen LogP contribution in [-0.2, 0) is 4.79 Å². The van der Waals surface area contributed by atoms with Crippen molar-refractivity contribution in [1.82, 2.24) is 15.0 Å². The van der Waals surface area contributed by atoms with Gasteiger partial charge in [-0.25, -0.2) is 0 Å². The summed E-state index contributed by atoms with van der Waals surface area (Å²) >= 11 is 0. The summed E-state index contributed by atoms with van der Waals surface area (Å²) in [4.78, 5) is 18.8. The van der Waals surface area contributed by atoms with Crippen LogP contribution in [0.25, 0.3) is 0 Å². The van der Waals surface area contributed by atoms with Crippen LogP contribution in [-0.4, -0.2) is 47.3 Å². The van der Waals surface area contributed by atoms with Gasteiger partial charge in [-0.2, -0.15) is 4.98 Å². The molecule has 1 aromatic heterocycles. The Labute approximate surface area is 146 Å². The van der Waals surface area contributed by atoms with Gasteiger partial charge >= 0.3 is 0 Å². The van der Waals surface area contributed by atoms with Crippen LogP contribution < -0.4 is 9.47 Å². The minimum absolute atomic E-state index is 0.0308. The van der Waals surface area contributed by atoms with Crippen LogP contribution in [0, 0.1) is 6.92 Å². The fourth-order valence-electron chi connectivity index (χ4n) is 3.02. The third-order valence-corrected chi connectivity index (χ3v) is 4.35. The van der Waals surface area contributed by atoms with Gasteiger partial charge in [0.15, 0.2) is 11.9 Å². The van der Waals surface area contributed by atoms with E-state index in [4.69, 9.17) is 14.0 Å². The lowest BCUT2D eigenvalue weighted by Gasteiger charge is -2.32. The molecule has 3 rings (SSSR count). The molecule has 25 heavy (non-hydrogen) atoms. The van der Waals surface area contributed by atoms with E-state index in [2.05, 4.69) is 10.1 Å². The molecular formula is C18H23N3O4. The van der Waals surface area contributed by atoms with Gasteiger partial charge in [-0.05, 0) is 51.0 Å². The number of methoxy groups -OCH3 is 1. The quantitative estimate of drug-likeness (QED) is 0.829. The number of carbonyl (C=O) groups is 1. The highest BCUT2D eigenvalue weighted by atomic mass is 16.5. The van der Waals surface area contributed by atoms with Gasteiger partial charge in [0.05, 0.1) is 13.0 Å². The molecule has 0 aliphatic carbocycles. The Morgan fingerprint density at radius 2 is 2.04 bits per heavy atom. The van der Waals surface area contributed by atoms with Crippen LogP contribution in [0.5, 0.6) is 11.5 Å². The molecule has 1 aliphatic heterocycles. The fourth-order valence-corrected chi connectivity index (χ4v) is 3.02. The largest absolute Gasteiger partial charge is 0.497 e. The number of aryl methyl sites for hydroxylation is 1. The van der Waals surface area contributed by atoms with Crippen molar-refractivity contribution in [2.45, 2.75) is 38.7 Å². The van der Waals surface area contributed by atoms with E-state index < -0.39 is 6.10 Å². The van der Waals surface area contributed by atoms with Crippen molar-refractivity contribution < 1.29 is 18.8 Å². The number of aromatic nitrogens is 2. The lowest BCUT2D eigenvalue weighted by molar-refractivity contribution is -0.139. The summed E-state index contributed by atoms with van der Waals surface area (Å²) in [6.07, 6.45) is 1.29. The number of hydrogen-bond donors (Lipinski definition) is 0. The number of rotatable bonds is 5. The summed E-state index contributed by atoms with van der Waals surface area (Å²) in [7, 11) is 1.61. The molecule has 1 aliphatic rings. The number of hydrogen-bond acceptors (Lipinski definition) is 6. The minimum Gasteiger partial charge on any atom is -0.497 e. The van der Waals surface area contributed by atoms with Crippen molar-refractivity contribution in [3.8, 4) is 11.5 Å². The van der Waals surface area contributed by atoms with E-state index in [1.54, 1.807) is 45.2 Å². The smallest absolute Gasteiger partial charge is 0.263 e. The van der Waals surface area contributed by atoms with Crippen molar-refractivity contribution in [1.29, 1.82) is 0 Å². The molecule has 2 aromatic rings. The van der Waals surface area contributed by atoms with Crippen LogP contribution in [0.2, 0.25) is 0 Å². The number of carbonyl (C=O) groups excluding carboxylic acids is 1. The van der Waals surface area contributed by atoms with Gasteiger partial charge in [0.2, 0.25) is 5.89 Å². The predicted octanol–water partition coefficient (Wildman–Crippen LogP) is 2.56. The Morgan fingerprint density at radius 3 is 2.68 bits per heavy atom. The number of nitrogens with zero attached hydrogens (tertiary/aromatic N) is 3. The molecule has 1 aromatic carbocycles. The average molecular weight is 345 g/mol. The van der Waals surface area contributed by atoms with Gasteiger partial charge in [0.25, 0.3) is 5.91 Å². The Morgan fingerprint density at radius 1 is 1.32 bits per heavy atom. The predicted molar refractivity (Wildman–Crippen MR) is 90.7 cm³/mol. The zero-order chi connectivity index (χ0) is 17.8. The number of ether oxygens (including phenoxy) is 2. The second-order valence-corrected chi connectivity index (χ2v) is 6.24. The van der Waals surface area contributed by atoms with E-state index >= 15 is 0 Å². The summed E-state index contributed by atoms with van der Waals surface area (Å²) in [5.41, 5.74) is 0. The van der Waals surface area contributed by atoms with Crippen LogP contribution in [0.3, 0.4) is 0 Å². The third-order valence-electron chi connectivity index (χ3n) is 4.35. The summed E-state index contributed by atoms with van der Waals surface area (Å²) in [5.74, 6) is 2.68. The van der Waals surface area contributed by atoms with Crippen LogP contribution in [0.15, 0.2) is 28.8 Å². The van der Waals surface area contributed by atoms with E-state index in [0.717, 1.165) is 25.1 Å². The highest BCUT2D eigenvalue weighted by Gasteiger charge is 2.31. The first-order valence-corrected chi connectivity index (χ1v) is 8.46. The third kappa shape index (κ3) is 4.10. The molecule has 0 N–H and O–H groups in total. The molecular weight excluding hydrogens is 322 g/mol. The van der Waals surface area contributed by atoms with Crippen molar-refractivity contribution in [3.05, 3.63) is 36.0 Å². The Hall–Kier alpha value is -2.57. The normalized spacial score (nSPS) is 18.7. The first kappa shape index (κ1) is 17.3. The highest BCUT2D eigenvalue weighted by Crippen LogP contribution is 2.26. The lowest BCUT2D eigenvalue weighted by Crippen LogP contribution is -2.45. The van der Waals surface area contributed by atoms with E-state index in [0.29, 0.717) is 24.0 Å². The molecule has 7 nitrogen and oxygen atoms in total. The maximum Gasteiger partial charge on any atom is 0.263 e. The topological polar surface area (TPSA) is 77.7 Å². The van der Waals surface area contributed by atoms with Gasteiger partial charge < -0.3 is 18.9 Å². The van der Waals surface area contributed by atoms with Gasteiger partial charge in [-0.3, -0.25) is 4.79 Å². The van der Waals surface area contributed by atoms with Gasteiger partial charge in [0.1, 0.15) is 11.5 Å². The summed E-state index contributed by atoms with van der Waals surface area (Å²) in [5, 5.41) is 3.84. The van der Waals surface area contributed by atoms with E-state index in [-0.39, 0.29) is 11.8 Å². The van der Waals surface area contributed by atoms with Gasteiger partial charge in [0, 0.05) is 13.1 Å².